The smallest absolute Gasteiger partial charge is 0.338 e. The molecular formula is C24H26N2O8. The van der Waals surface area contributed by atoms with E-state index < -0.39 is 30.3 Å². The quantitative estimate of drug-likeness (QED) is 0.300. The van der Waals surface area contributed by atoms with Crippen LogP contribution in [0.2, 0.25) is 0 Å². The molecule has 0 radical (unpaired) electrons. The standard InChI is InChI=1S/C24H26N2O8/c1-31-10-4-9-26-22(28)17-7-6-16(12-18(17)23(26)29)24(30)34-14-21(27)25-13-15-5-8-19(32-2)20(11-15)33-3/h5-8,11-12H,4,9-10,13-14H2,1-3H3,(H,25,27). The maximum Gasteiger partial charge on any atom is 0.338 e. The van der Waals surface area contributed by atoms with Gasteiger partial charge in [0.25, 0.3) is 17.7 Å². The average molecular weight is 470 g/mol. The Balaban J connectivity index is 1.54. The number of benzene rings is 2. The largest absolute Gasteiger partial charge is 0.493 e. The van der Waals surface area contributed by atoms with Gasteiger partial charge in [0.2, 0.25) is 0 Å². The summed E-state index contributed by atoms with van der Waals surface area (Å²) in [7, 11) is 4.58. The van der Waals surface area contributed by atoms with Gasteiger partial charge in [-0.2, -0.15) is 0 Å². The highest BCUT2D eigenvalue weighted by molar-refractivity contribution is 6.22. The van der Waals surface area contributed by atoms with Crippen molar-refractivity contribution in [2.24, 2.45) is 0 Å². The number of hydrogen-bond acceptors (Lipinski definition) is 8. The van der Waals surface area contributed by atoms with Gasteiger partial charge in [-0.1, -0.05) is 6.07 Å². The van der Waals surface area contributed by atoms with Crippen LogP contribution in [0.15, 0.2) is 36.4 Å². The van der Waals surface area contributed by atoms with Crippen molar-refractivity contribution in [1.29, 1.82) is 0 Å². The Bertz CT molecular complexity index is 1100. The van der Waals surface area contributed by atoms with E-state index in [-0.39, 0.29) is 29.8 Å². The summed E-state index contributed by atoms with van der Waals surface area (Å²) in [6.07, 6.45) is 0.509. The van der Waals surface area contributed by atoms with Crippen molar-refractivity contribution in [2.45, 2.75) is 13.0 Å². The molecule has 1 N–H and O–H groups in total. The Labute approximate surface area is 196 Å². The van der Waals surface area contributed by atoms with Gasteiger partial charge in [-0.25, -0.2) is 4.79 Å². The van der Waals surface area contributed by atoms with Crippen LogP contribution in [0, 0.1) is 0 Å². The highest BCUT2D eigenvalue weighted by Gasteiger charge is 2.35. The van der Waals surface area contributed by atoms with Crippen LogP contribution in [0.25, 0.3) is 0 Å². The molecule has 0 spiro atoms. The fraction of sp³-hybridized carbons (Fsp3) is 0.333. The summed E-state index contributed by atoms with van der Waals surface area (Å²) in [5, 5.41) is 2.65. The van der Waals surface area contributed by atoms with Crippen molar-refractivity contribution >= 4 is 23.7 Å². The second-order valence-corrected chi connectivity index (χ2v) is 7.41. The van der Waals surface area contributed by atoms with Crippen molar-refractivity contribution in [3.05, 3.63) is 58.7 Å². The molecule has 180 valence electrons. The lowest BCUT2D eigenvalue weighted by molar-refractivity contribution is -0.124. The Morgan fingerprint density at radius 3 is 2.35 bits per heavy atom. The van der Waals surface area contributed by atoms with Gasteiger partial charge in [0, 0.05) is 26.8 Å². The molecule has 1 aliphatic heterocycles. The predicted octanol–water partition coefficient (Wildman–Crippen LogP) is 1.81. The molecule has 0 saturated carbocycles. The van der Waals surface area contributed by atoms with Crippen LogP contribution in [0.1, 0.15) is 43.1 Å². The van der Waals surface area contributed by atoms with E-state index in [2.05, 4.69) is 5.32 Å². The first-order chi connectivity index (χ1) is 16.4. The molecule has 3 amide bonds. The second-order valence-electron chi connectivity index (χ2n) is 7.41. The summed E-state index contributed by atoms with van der Waals surface area (Å²) in [4.78, 5) is 50.7. The number of imide groups is 1. The molecule has 0 unspecified atom stereocenters. The fourth-order valence-corrected chi connectivity index (χ4v) is 3.44. The van der Waals surface area contributed by atoms with Gasteiger partial charge in [-0.3, -0.25) is 19.3 Å². The zero-order chi connectivity index (χ0) is 24.7. The minimum absolute atomic E-state index is 0.0753. The molecule has 0 bridgehead atoms. The lowest BCUT2D eigenvalue weighted by Gasteiger charge is -2.12. The molecule has 0 saturated heterocycles. The first-order valence-corrected chi connectivity index (χ1v) is 10.5. The Hall–Kier alpha value is -3.92. The molecule has 0 aliphatic carbocycles. The topological polar surface area (TPSA) is 120 Å². The molecule has 0 atom stereocenters. The maximum absolute atomic E-state index is 12.6. The number of hydrogen-bond donors (Lipinski definition) is 1. The van der Waals surface area contributed by atoms with Crippen molar-refractivity contribution < 1.29 is 38.1 Å². The SMILES string of the molecule is COCCCN1C(=O)c2ccc(C(=O)OCC(=O)NCc3ccc(OC)c(OC)c3)cc2C1=O. The van der Waals surface area contributed by atoms with Gasteiger partial charge in [0.05, 0.1) is 30.9 Å². The lowest BCUT2D eigenvalue weighted by Crippen LogP contribution is -2.31. The molecule has 10 heteroatoms. The number of fused-ring (bicyclic) bond motifs is 1. The van der Waals surface area contributed by atoms with E-state index in [4.69, 9.17) is 18.9 Å². The molecule has 1 heterocycles. The van der Waals surface area contributed by atoms with Gasteiger partial charge >= 0.3 is 5.97 Å². The first kappa shape index (κ1) is 24.7. The van der Waals surface area contributed by atoms with Crippen LogP contribution >= 0.6 is 0 Å². The third-order valence-electron chi connectivity index (χ3n) is 5.21. The predicted molar refractivity (Wildman–Crippen MR) is 120 cm³/mol. The van der Waals surface area contributed by atoms with Gasteiger partial charge in [0.1, 0.15) is 0 Å². The fourth-order valence-electron chi connectivity index (χ4n) is 3.44. The molecule has 1 aliphatic rings. The van der Waals surface area contributed by atoms with Crippen LogP contribution in [0.3, 0.4) is 0 Å². The molecular weight excluding hydrogens is 444 g/mol. The molecule has 0 fully saturated rings. The minimum atomic E-state index is -0.776. The highest BCUT2D eigenvalue weighted by atomic mass is 16.5. The summed E-state index contributed by atoms with van der Waals surface area (Å²) in [6.45, 7) is 0.337. The Kier molecular flexibility index (Phi) is 8.20. The zero-order valence-corrected chi connectivity index (χ0v) is 19.2. The van der Waals surface area contributed by atoms with Crippen molar-refractivity contribution in [2.75, 3.05) is 41.1 Å². The molecule has 3 rings (SSSR count). The van der Waals surface area contributed by atoms with E-state index in [1.165, 1.54) is 39.5 Å². The lowest BCUT2D eigenvalue weighted by atomic mass is 10.1. The number of carbonyl (C=O) groups is 4. The number of nitrogens with one attached hydrogen (secondary N) is 1. The van der Waals surface area contributed by atoms with Crippen LogP contribution in [0.4, 0.5) is 0 Å². The third kappa shape index (κ3) is 5.52. The van der Waals surface area contributed by atoms with Crippen molar-refractivity contribution in [3.63, 3.8) is 0 Å². The summed E-state index contributed by atoms with van der Waals surface area (Å²) >= 11 is 0. The molecule has 34 heavy (non-hydrogen) atoms. The number of amides is 3. The van der Waals surface area contributed by atoms with E-state index >= 15 is 0 Å². The number of carbonyl (C=O) groups excluding carboxylic acids is 4. The van der Waals surface area contributed by atoms with Crippen molar-refractivity contribution in [3.8, 4) is 11.5 Å². The number of ether oxygens (including phenoxy) is 4. The van der Waals surface area contributed by atoms with Crippen molar-refractivity contribution in [1.82, 2.24) is 10.2 Å². The first-order valence-electron chi connectivity index (χ1n) is 10.5. The van der Waals surface area contributed by atoms with E-state index in [9.17, 15) is 19.2 Å². The van der Waals surface area contributed by atoms with Crippen LogP contribution in [0.5, 0.6) is 11.5 Å². The molecule has 0 aromatic heterocycles. The van der Waals surface area contributed by atoms with Gasteiger partial charge in [0.15, 0.2) is 18.1 Å². The molecule has 2 aromatic carbocycles. The number of methoxy groups -OCH3 is 3. The van der Waals surface area contributed by atoms with Gasteiger partial charge in [-0.05, 0) is 42.3 Å². The van der Waals surface area contributed by atoms with E-state index in [0.717, 1.165) is 10.5 Å². The minimum Gasteiger partial charge on any atom is -0.493 e. The summed E-state index contributed by atoms with van der Waals surface area (Å²) in [6, 6.07) is 9.35. The van der Waals surface area contributed by atoms with E-state index in [1.807, 2.05) is 0 Å². The average Bonchev–Trinajstić information content (AvgIpc) is 3.10. The van der Waals surface area contributed by atoms with Crippen LogP contribution < -0.4 is 14.8 Å². The maximum atomic E-state index is 12.6. The summed E-state index contributed by atoms with van der Waals surface area (Å²) < 4.78 is 20.4. The Morgan fingerprint density at radius 1 is 0.912 bits per heavy atom. The monoisotopic (exact) mass is 470 g/mol. The van der Waals surface area contributed by atoms with Gasteiger partial charge < -0.3 is 24.3 Å². The number of rotatable bonds is 11. The summed E-state index contributed by atoms with van der Waals surface area (Å²) in [5.74, 6) is -1.06. The zero-order valence-electron chi connectivity index (χ0n) is 19.2. The molecule has 2 aromatic rings. The second kappa shape index (κ2) is 11.3. The van der Waals surface area contributed by atoms with E-state index in [1.54, 1.807) is 18.2 Å². The van der Waals surface area contributed by atoms with Gasteiger partial charge in [-0.15, -0.1) is 0 Å². The van der Waals surface area contributed by atoms with Crippen LogP contribution in [-0.2, 0) is 20.8 Å². The summed E-state index contributed by atoms with van der Waals surface area (Å²) in [5.41, 5.74) is 1.21. The number of nitrogens with zero attached hydrogens (tertiary/aromatic N) is 1. The Morgan fingerprint density at radius 2 is 1.65 bits per heavy atom. The normalized spacial score (nSPS) is 12.4. The van der Waals surface area contributed by atoms with Crippen LogP contribution in [-0.4, -0.2) is 69.7 Å². The third-order valence-corrected chi connectivity index (χ3v) is 5.21. The number of esters is 1. The molecule has 10 nitrogen and oxygen atoms in total. The highest BCUT2D eigenvalue weighted by Crippen LogP contribution is 2.27. The van der Waals surface area contributed by atoms with E-state index in [0.29, 0.717) is 24.5 Å².